The maximum absolute atomic E-state index is 6.02. The van der Waals surface area contributed by atoms with Gasteiger partial charge in [-0.3, -0.25) is 4.98 Å². The Morgan fingerprint density at radius 1 is 1.50 bits per heavy atom. The van der Waals surface area contributed by atoms with E-state index < -0.39 is 0 Å². The second-order valence-electron chi connectivity index (χ2n) is 5.51. The lowest BCUT2D eigenvalue weighted by Crippen LogP contribution is -2.62. The van der Waals surface area contributed by atoms with Crippen LogP contribution in [0.15, 0.2) is 22.9 Å². The van der Waals surface area contributed by atoms with Crippen molar-refractivity contribution >= 4 is 15.9 Å². The third-order valence-electron chi connectivity index (χ3n) is 3.78. The SMILES string of the molecule is CCCNC1CC(Oc2cncc(Br)c2)C1(C)C. The first-order chi connectivity index (χ1) is 8.54. The molecule has 1 aromatic heterocycles. The molecule has 2 unspecified atom stereocenters. The van der Waals surface area contributed by atoms with Gasteiger partial charge in [0.05, 0.1) is 6.20 Å². The van der Waals surface area contributed by atoms with Crippen LogP contribution in [0.2, 0.25) is 0 Å². The van der Waals surface area contributed by atoms with E-state index in [-0.39, 0.29) is 11.5 Å². The highest BCUT2D eigenvalue weighted by atomic mass is 79.9. The maximum atomic E-state index is 6.02. The second-order valence-corrected chi connectivity index (χ2v) is 6.42. The van der Waals surface area contributed by atoms with Gasteiger partial charge in [-0.1, -0.05) is 20.8 Å². The molecule has 18 heavy (non-hydrogen) atoms. The van der Waals surface area contributed by atoms with Gasteiger partial charge in [-0.15, -0.1) is 0 Å². The van der Waals surface area contributed by atoms with Gasteiger partial charge in [-0.2, -0.15) is 0 Å². The fraction of sp³-hybridized carbons (Fsp3) is 0.643. The fourth-order valence-corrected chi connectivity index (χ4v) is 2.72. The average Bonchev–Trinajstić information content (AvgIpc) is 2.33. The molecule has 0 aliphatic heterocycles. The number of nitrogens with zero attached hydrogens (tertiary/aromatic N) is 1. The molecule has 0 bridgehead atoms. The van der Waals surface area contributed by atoms with Crippen LogP contribution in [0.25, 0.3) is 0 Å². The summed E-state index contributed by atoms with van der Waals surface area (Å²) in [7, 11) is 0. The smallest absolute Gasteiger partial charge is 0.139 e. The molecular weight excluding hydrogens is 292 g/mol. The van der Waals surface area contributed by atoms with Crippen LogP contribution >= 0.6 is 15.9 Å². The standard InChI is InChI=1S/C14H21BrN2O/c1-4-5-17-12-7-13(14(12,2)3)18-11-6-10(15)8-16-9-11/h6,8-9,12-13,17H,4-5,7H2,1-3H3. The van der Waals surface area contributed by atoms with E-state index in [9.17, 15) is 0 Å². The third-order valence-corrected chi connectivity index (χ3v) is 4.21. The second kappa shape index (κ2) is 5.57. The fourth-order valence-electron chi connectivity index (χ4n) is 2.37. The largest absolute Gasteiger partial charge is 0.488 e. The van der Waals surface area contributed by atoms with Crippen molar-refractivity contribution in [2.45, 2.75) is 45.8 Å². The molecule has 1 aliphatic carbocycles. The first-order valence-corrected chi connectivity index (χ1v) is 7.34. The molecule has 1 aromatic rings. The third kappa shape index (κ3) is 2.86. The molecule has 0 aromatic carbocycles. The predicted molar refractivity (Wildman–Crippen MR) is 76.8 cm³/mol. The van der Waals surface area contributed by atoms with Gasteiger partial charge in [0.25, 0.3) is 0 Å². The quantitative estimate of drug-likeness (QED) is 0.905. The Balaban J connectivity index is 1.93. The van der Waals surface area contributed by atoms with E-state index in [1.807, 2.05) is 6.07 Å². The molecule has 4 heteroatoms. The van der Waals surface area contributed by atoms with Crippen molar-refractivity contribution in [3.05, 3.63) is 22.9 Å². The van der Waals surface area contributed by atoms with Gasteiger partial charge in [-0.05, 0) is 35.0 Å². The highest BCUT2D eigenvalue weighted by molar-refractivity contribution is 9.10. The maximum Gasteiger partial charge on any atom is 0.139 e. The first kappa shape index (κ1) is 13.8. The van der Waals surface area contributed by atoms with Gasteiger partial charge in [0.2, 0.25) is 0 Å². The van der Waals surface area contributed by atoms with Gasteiger partial charge in [-0.25, -0.2) is 0 Å². The van der Waals surface area contributed by atoms with E-state index in [1.54, 1.807) is 12.4 Å². The Labute approximate surface area is 117 Å². The van der Waals surface area contributed by atoms with Crippen molar-refractivity contribution in [1.29, 1.82) is 0 Å². The van der Waals surface area contributed by atoms with Crippen molar-refractivity contribution in [3.63, 3.8) is 0 Å². The average molecular weight is 313 g/mol. The summed E-state index contributed by atoms with van der Waals surface area (Å²) in [5, 5.41) is 3.58. The summed E-state index contributed by atoms with van der Waals surface area (Å²) in [6.07, 6.45) is 6.05. The Morgan fingerprint density at radius 3 is 2.89 bits per heavy atom. The van der Waals surface area contributed by atoms with Crippen LogP contribution in [-0.4, -0.2) is 23.7 Å². The van der Waals surface area contributed by atoms with E-state index >= 15 is 0 Å². The zero-order valence-corrected chi connectivity index (χ0v) is 12.8. The molecule has 1 saturated carbocycles. The molecule has 100 valence electrons. The number of nitrogens with one attached hydrogen (secondary N) is 1. The zero-order valence-electron chi connectivity index (χ0n) is 11.2. The molecule has 1 heterocycles. The van der Waals surface area contributed by atoms with Crippen LogP contribution in [0, 0.1) is 5.41 Å². The van der Waals surface area contributed by atoms with Crippen LogP contribution in [-0.2, 0) is 0 Å². The Kier molecular flexibility index (Phi) is 4.28. The molecule has 1 fully saturated rings. The van der Waals surface area contributed by atoms with Gasteiger partial charge >= 0.3 is 0 Å². The summed E-state index contributed by atoms with van der Waals surface area (Å²) < 4.78 is 6.98. The Hall–Kier alpha value is -0.610. The van der Waals surface area contributed by atoms with Crippen LogP contribution in [0.3, 0.4) is 0 Å². The summed E-state index contributed by atoms with van der Waals surface area (Å²) >= 11 is 3.41. The highest BCUT2D eigenvalue weighted by Gasteiger charge is 2.49. The minimum absolute atomic E-state index is 0.178. The summed E-state index contributed by atoms with van der Waals surface area (Å²) in [4.78, 5) is 4.12. The summed E-state index contributed by atoms with van der Waals surface area (Å²) in [5.41, 5.74) is 0.178. The summed E-state index contributed by atoms with van der Waals surface area (Å²) in [6.45, 7) is 7.80. The number of aromatic nitrogens is 1. The van der Waals surface area contributed by atoms with E-state index in [1.165, 1.54) is 6.42 Å². The van der Waals surface area contributed by atoms with Crippen molar-refractivity contribution in [1.82, 2.24) is 10.3 Å². The minimum Gasteiger partial charge on any atom is -0.488 e. The molecule has 0 radical (unpaired) electrons. The lowest BCUT2D eigenvalue weighted by atomic mass is 9.64. The minimum atomic E-state index is 0.178. The van der Waals surface area contributed by atoms with Gasteiger partial charge in [0, 0.05) is 28.5 Å². The molecule has 0 spiro atoms. The summed E-state index contributed by atoms with van der Waals surface area (Å²) in [5.74, 6) is 0.844. The molecule has 0 saturated heterocycles. The van der Waals surface area contributed by atoms with E-state index in [0.29, 0.717) is 6.04 Å². The molecule has 2 atom stereocenters. The predicted octanol–water partition coefficient (Wildman–Crippen LogP) is 3.39. The van der Waals surface area contributed by atoms with E-state index in [2.05, 4.69) is 47.0 Å². The zero-order chi connectivity index (χ0) is 13.2. The van der Waals surface area contributed by atoms with Crippen LogP contribution in [0.5, 0.6) is 5.75 Å². The van der Waals surface area contributed by atoms with Crippen molar-refractivity contribution in [2.24, 2.45) is 5.41 Å². The molecule has 1 N–H and O–H groups in total. The Morgan fingerprint density at radius 2 is 2.28 bits per heavy atom. The van der Waals surface area contributed by atoms with Gasteiger partial charge in [0.1, 0.15) is 11.9 Å². The molecule has 1 aliphatic rings. The topological polar surface area (TPSA) is 34.1 Å². The lowest BCUT2D eigenvalue weighted by Gasteiger charge is -2.51. The number of hydrogen-bond acceptors (Lipinski definition) is 3. The normalized spacial score (nSPS) is 25.6. The number of pyridine rings is 1. The monoisotopic (exact) mass is 312 g/mol. The van der Waals surface area contributed by atoms with Crippen LogP contribution in [0.1, 0.15) is 33.6 Å². The van der Waals surface area contributed by atoms with Crippen LogP contribution < -0.4 is 10.1 Å². The van der Waals surface area contributed by atoms with Crippen molar-refractivity contribution in [2.75, 3.05) is 6.54 Å². The molecule has 3 nitrogen and oxygen atoms in total. The van der Waals surface area contributed by atoms with Gasteiger partial charge < -0.3 is 10.1 Å². The van der Waals surface area contributed by atoms with E-state index in [0.717, 1.165) is 23.2 Å². The highest BCUT2D eigenvalue weighted by Crippen LogP contribution is 2.43. The van der Waals surface area contributed by atoms with Crippen molar-refractivity contribution in [3.8, 4) is 5.75 Å². The summed E-state index contributed by atoms with van der Waals surface area (Å²) in [6, 6.07) is 2.53. The van der Waals surface area contributed by atoms with Crippen molar-refractivity contribution < 1.29 is 4.74 Å². The molecule has 0 amide bonds. The van der Waals surface area contributed by atoms with E-state index in [4.69, 9.17) is 4.74 Å². The first-order valence-electron chi connectivity index (χ1n) is 6.54. The molecule has 2 rings (SSSR count). The van der Waals surface area contributed by atoms with Gasteiger partial charge in [0.15, 0.2) is 0 Å². The van der Waals surface area contributed by atoms with Crippen LogP contribution in [0.4, 0.5) is 0 Å². The number of hydrogen-bond donors (Lipinski definition) is 1. The number of ether oxygens (including phenoxy) is 1. The number of rotatable bonds is 5. The number of halogens is 1. The Bertz CT molecular complexity index is 409. The lowest BCUT2D eigenvalue weighted by molar-refractivity contribution is -0.0547. The molecular formula is C14H21BrN2O.